The van der Waals surface area contributed by atoms with Crippen molar-refractivity contribution in [3.63, 3.8) is 0 Å². The molecule has 1 aromatic rings. The Morgan fingerprint density at radius 1 is 1.33 bits per heavy atom. The van der Waals surface area contributed by atoms with Crippen LogP contribution in [0, 0.1) is 5.92 Å². The SMILES string of the molecule is C[C@@H](CC(=O)[O-])CC(=O)Nc1ccc(Cl)cc1Cl. The monoisotopic (exact) mass is 288 g/mol. The molecule has 1 rings (SSSR count). The maximum absolute atomic E-state index is 11.6. The van der Waals surface area contributed by atoms with E-state index in [0.29, 0.717) is 15.7 Å². The number of hydrogen-bond acceptors (Lipinski definition) is 3. The third kappa shape index (κ3) is 4.94. The summed E-state index contributed by atoms with van der Waals surface area (Å²) in [6, 6.07) is 4.71. The van der Waals surface area contributed by atoms with Crippen LogP contribution in [0.25, 0.3) is 0 Å². The molecule has 1 atom stereocenters. The Hall–Kier alpha value is -1.26. The van der Waals surface area contributed by atoms with Gasteiger partial charge in [-0.15, -0.1) is 0 Å². The molecule has 98 valence electrons. The fraction of sp³-hybridized carbons (Fsp3) is 0.333. The molecular formula is C12H12Cl2NO3-. The fourth-order valence-electron chi connectivity index (χ4n) is 1.47. The molecule has 0 heterocycles. The first-order valence-corrected chi connectivity index (χ1v) is 6.09. The third-order valence-corrected chi connectivity index (χ3v) is 2.80. The lowest BCUT2D eigenvalue weighted by Gasteiger charge is -2.12. The van der Waals surface area contributed by atoms with E-state index >= 15 is 0 Å². The molecule has 4 nitrogen and oxygen atoms in total. The zero-order valence-electron chi connectivity index (χ0n) is 9.70. The van der Waals surface area contributed by atoms with Gasteiger partial charge in [0.25, 0.3) is 0 Å². The first-order chi connectivity index (χ1) is 8.38. The van der Waals surface area contributed by atoms with Crippen molar-refractivity contribution < 1.29 is 14.7 Å². The minimum atomic E-state index is -1.17. The number of nitrogens with one attached hydrogen (secondary N) is 1. The molecule has 1 amide bonds. The molecule has 0 aromatic heterocycles. The summed E-state index contributed by atoms with van der Waals surface area (Å²) in [5.74, 6) is -1.76. The number of benzene rings is 1. The molecule has 0 saturated heterocycles. The minimum absolute atomic E-state index is 0.0902. The van der Waals surface area contributed by atoms with Gasteiger partial charge in [-0.3, -0.25) is 4.79 Å². The van der Waals surface area contributed by atoms with Crippen LogP contribution in [-0.2, 0) is 9.59 Å². The maximum Gasteiger partial charge on any atom is 0.224 e. The molecule has 1 N–H and O–H groups in total. The topological polar surface area (TPSA) is 69.2 Å². The van der Waals surface area contributed by atoms with Crippen LogP contribution in [0.15, 0.2) is 18.2 Å². The number of carboxylic acids is 1. The van der Waals surface area contributed by atoms with E-state index in [9.17, 15) is 14.7 Å². The van der Waals surface area contributed by atoms with Crippen molar-refractivity contribution in [1.29, 1.82) is 0 Å². The summed E-state index contributed by atoms with van der Waals surface area (Å²) in [6.07, 6.45) is -0.0608. The summed E-state index contributed by atoms with van der Waals surface area (Å²) in [5.41, 5.74) is 0.451. The smallest absolute Gasteiger partial charge is 0.224 e. The molecule has 0 fully saturated rings. The van der Waals surface area contributed by atoms with Gasteiger partial charge < -0.3 is 15.2 Å². The van der Waals surface area contributed by atoms with E-state index in [0.717, 1.165) is 0 Å². The van der Waals surface area contributed by atoms with Crippen molar-refractivity contribution >= 4 is 40.8 Å². The third-order valence-electron chi connectivity index (χ3n) is 2.25. The summed E-state index contributed by atoms with van der Waals surface area (Å²) in [5, 5.41) is 13.8. The Labute approximate surface area is 115 Å². The van der Waals surface area contributed by atoms with Crippen LogP contribution in [0.5, 0.6) is 0 Å². The number of anilines is 1. The van der Waals surface area contributed by atoms with E-state index in [-0.39, 0.29) is 24.7 Å². The molecule has 0 aliphatic carbocycles. The highest BCUT2D eigenvalue weighted by Gasteiger charge is 2.11. The summed E-state index contributed by atoms with van der Waals surface area (Å²) in [4.78, 5) is 22.0. The summed E-state index contributed by atoms with van der Waals surface area (Å²) in [7, 11) is 0. The molecule has 0 bridgehead atoms. The van der Waals surface area contributed by atoms with E-state index in [1.165, 1.54) is 6.07 Å². The van der Waals surface area contributed by atoms with Gasteiger partial charge >= 0.3 is 0 Å². The first kappa shape index (κ1) is 14.8. The van der Waals surface area contributed by atoms with Gasteiger partial charge in [0, 0.05) is 17.4 Å². The van der Waals surface area contributed by atoms with Crippen LogP contribution >= 0.6 is 23.2 Å². The molecule has 1 aromatic carbocycles. The number of amides is 1. The second kappa shape index (κ2) is 6.61. The highest BCUT2D eigenvalue weighted by molar-refractivity contribution is 6.36. The first-order valence-electron chi connectivity index (χ1n) is 5.33. The zero-order chi connectivity index (χ0) is 13.7. The van der Waals surface area contributed by atoms with Gasteiger partial charge in [-0.25, -0.2) is 0 Å². The molecule has 18 heavy (non-hydrogen) atoms. The van der Waals surface area contributed by atoms with Gasteiger partial charge in [-0.05, 0) is 30.5 Å². The largest absolute Gasteiger partial charge is 0.550 e. The molecule has 0 spiro atoms. The number of carbonyl (C=O) groups excluding carboxylic acids is 2. The Morgan fingerprint density at radius 2 is 2.00 bits per heavy atom. The van der Waals surface area contributed by atoms with Crippen LogP contribution in [0.4, 0.5) is 5.69 Å². The van der Waals surface area contributed by atoms with E-state index in [2.05, 4.69) is 5.32 Å². The lowest BCUT2D eigenvalue weighted by atomic mass is 10.0. The van der Waals surface area contributed by atoms with Crippen molar-refractivity contribution in [3.8, 4) is 0 Å². The maximum atomic E-state index is 11.6. The second-order valence-electron chi connectivity index (χ2n) is 4.06. The summed E-state index contributed by atoms with van der Waals surface area (Å²) < 4.78 is 0. The van der Waals surface area contributed by atoms with Gasteiger partial charge in [0.2, 0.25) is 5.91 Å². The number of halogens is 2. The number of carboxylic acid groups (broad SMARTS) is 1. The standard InChI is InChI=1S/C12H13Cl2NO3/c1-7(5-12(17)18)4-11(16)15-10-3-2-8(13)6-9(10)14/h2-3,6-7H,4-5H2,1H3,(H,15,16)(H,17,18)/p-1/t7-/m1/s1. The Balaban J connectivity index is 2.56. The van der Waals surface area contributed by atoms with E-state index in [1.54, 1.807) is 19.1 Å². The van der Waals surface area contributed by atoms with Crippen LogP contribution in [0.3, 0.4) is 0 Å². The van der Waals surface area contributed by atoms with Crippen molar-refractivity contribution in [1.82, 2.24) is 0 Å². The zero-order valence-corrected chi connectivity index (χ0v) is 11.2. The molecule has 0 aliphatic rings. The van der Waals surface area contributed by atoms with Gasteiger partial charge in [0.1, 0.15) is 0 Å². The Bertz CT molecular complexity index is 463. The Kier molecular flexibility index (Phi) is 5.44. The summed E-state index contributed by atoms with van der Waals surface area (Å²) in [6.45, 7) is 1.67. The van der Waals surface area contributed by atoms with Crippen LogP contribution < -0.4 is 10.4 Å². The van der Waals surface area contributed by atoms with Crippen molar-refractivity contribution in [2.24, 2.45) is 5.92 Å². The lowest BCUT2D eigenvalue weighted by Crippen LogP contribution is -2.26. The molecule has 0 unspecified atom stereocenters. The highest BCUT2D eigenvalue weighted by Crippen LogP contribution is 2.25. The lowest BCUT2D eigenvalue weighted by molar-refractivity contribution is -0.306. The van der Waals surface area contributed by atoms with E-state index < -0.39 is 5.97 Å². The fourth-order valence-corrected chi connectivity index (χ4v) is 1.92. The van der Waals surface area contributed by atoms with Crippen LogP contribution in [-0.4, -0.2) is 11.9 Å². The quantitative estimate of drug-likeness (QED) is 0.902. The van der Waals surface area contributed by atoms with Crippen LogP contribution in [0.1, 0.15) is 19.8 Å². The molecular weight excluding hydrogens is 277 g/mol. The molecule has 0 saturated carbocycles. The van der Waals surface area contributed by atoms with E-state index in [1.807, 2.05) is 0 Å². The van der Waals surface area contributed by atoms with Crippen molar-refractivity contribution in [2.45, 2.75) is 19.8 Å². The van der Waals surface area contributed by atoms with Crippen LogP contribution in [0.2, 0.25) is 10.0 Å². The number of carbonyl (C=O) groups is 2. The van der Waals surface area contributed by atoms with Gasteiger partial charge in [-0.1, -0.05) is 30.1 Å². The number of rotatable bonds is 5. The molecule has 0 aliphatic heterocycles. The molecule has 0 radical (unpaired) electrons. The van der Waals surface area contributed by atoms with E-state index in [4.69, 9.17) is 23.2 Å². The highest BCUT2D eigenvalue weighted by atomic mass is 35.5. The number of hydrogen-bond donors (Lipinski definition) is 1. The predicted octanol–water partition coefficient (Wildman–Crippen LogP) is 2.10. The predicted molar refractivity (Wildman–Crippen MR) is 68.5 cm³/mol. The van der Waals surface area contributed by atoms with Gasteiger partial charge in [0.05, 0.1) is 10.7 Å². The molecule has 6 heteroatoms. The van der Waals surface area contributed by atoms with Gasteiger partial charge in [-0.2, -0.15) is 0 Å². The minimum Gasteiger partial charge on any atom is -0.550 e. The Morgan fingerprint density at radius 3 is 2.56 bits per heavy atom. The van der Waals surface area contributed by atoms with Crippen molar-refractivity contribution in [2.75, 3.05) is 5.32 Å². The van der Waals surface area contributed by atoms with Crippen molar-refractivity contribution in [3.05, 3.63) is 28.2 Å². The average Bonchev–Trinajstić information content (AvgIpc) is 2.20. The second-order valence-corrected chi connectivity index (χ2v) is 4.90. The number of aliphatic carboxylic acids is 1. The van der Waals surface area contributed by atoms with Gasteiger partial charge in [0.15, 0.2) is 0 Å². The summed E-state index contributed by atoms with van der Waals surface area (Å²) >= 11 is 11.6. The normalized spacial score (nSPS) is 11.9. The average molecular weight is 289 g/mol.